The zero-order chi connectivity index (χ0) is 15.0. The van der Waals surface area contributed by atoms with E-state index in [2.05, 4.69) is 0 Å². The fourth-order valence-electron chi connectivity index (χ4n) is 2.24. The van der Waals surface area contributed by atoms with Crippen LogP contribution in [0.4, 0.5) is 4.39 Å². The van der Waals surface area contributed by atoms with Gasteiger partial charge in [-0.05, 0) is 18.2 Å². The molecule has 1 heterocycles. The van der Waals surface area contributed by atoms with E-state index in [1.165, 1.54) is 12.1 Å². The van der Waals surface area contributed by atoms with Crippen LogP contribution in [0.2, 0.25) is 10.0 Å². The maximum Gasteiger partial charge on any atom is 0.169 e. The van der Waals surface area contributed by atoms with Gasteiger partial charge in [0.1, 0.15) is 18.5 Å². The first-order chi connectivity index (χ1) is 10.1. The molecule has 2 N–H and O–H groups in total. The van der Waals surface area contributed by atoms with Crippen molar-refractivity contribution < 1.29 is 13.9 Å². The molecule has 118 valence electrons. The second kappa shape index (κ2) is 6.92. The second-order valence-electron chi connectivity index (χ2n) is 4.66. The molecule has 0 fully saturated rings. The number of nitrogens with two attached hydrogens (primary N) is 1. The topological polar surface area (TPSA) is 44.5 Å². The Bertz CT molecular complexity index is 676. The fraction of sp³-hybridized carbons (Fsp3) is 0.200. The predicted octanol–water partition coefficient (Wildman–Crippen LogP) is 4.32. The SMILES string of the molecule is Cl.NCC1COc2cc(F)cc(-c3c(Cl)cccc3Cl)c2O1. The van der Waals surface area contributed by atoms with Crippen molar-refractivity contribution in [3.8, 4) is 22.6 Å². The summed E-state index contributed by atoms with van der Waals surface area (Å²) in [5.74, 6) is 0.285. The van der Waals surface area contributed by atoms with Crippen LogP contribution in [0.15, 0.2) is 30.3 Å². The van der Waals surface area contributed by atoms with Crippen molar-refractivity contribution in [2.24, 2.45) is 5.73 Å². The lowest BCUT2D eigenvalue weighted by Gasteiger charge is -2.28. The molecule has 0 saturated heterocycles. The van der Waals surface area contributed by atoms with E-state index < -0.39 is 5.82 Å². The molecule has 1 unspecified atom stereocenters. The third kappa shape index (κ3) is 3.10. The van der Waals surface area contributed by atoms with E-state index in [9.17, 15) is 4.39 Å². The average molecular weight is 365 g/mol. The lowest BCUT2D eigenvalue weighted by atomic mass is 10.0. The standard InChI is InChI=1S/C15H12Cl2FNO2.ClH/c16-11-2-1-3-12(17)14(11)10-4-8(18)5-13-15(10)21-9(6-19)7-20-13;/h1-5,9H,6-7,19H2;1H. The molecular formula is C15H13Cl3FNO2. The van der Waals surface area contributed by atoms with Crippen molar-refractivity contribution in [1.29, 1.82) is 0 Å². The molecule has 0 bridgehead atoms. The van der Waals surface area contributed by atoms with Gasteiger partial charge in [-0.15, -0.1) is 12.4 Å². The first-order valence-corrected chi connectivity index (χ1v) is 7.13. The highest BCUT2D eigenvalue weighted by molar-refractivity contribution is 6.39. The minimum Gasteiger partial charge on any atom is -0.486 e. The van der Waals surface area contributed by atoms with Gasteiger partial charge in [0.15, 0.2) is 11.5 Å². The van der Waals surface area contributed by atoms with Gasteiger partial charge in [-0.25, -0.2) is 4.39 Å². The van der Waals surface area contributed by atoms with E-state index in [-0.39, 0.29) is 25.1 Å². The van der Waals surface area contributed by atoms with Crippen molar-refractivity contribution in [2.75, 3.05) is 13.2 Å². The molecule has 0 radical (unpaired) electrons. The summed E-state index contributed by atoms with van der Waals surface area (Å²) in [5, 5.41) is 0.822. The van der Waals surface area contributed by atoms with Crippen LogP contribution in [-0.4, -0.2) is 19.3 Å². The van der Waals surface area contributed by atoms with Gasteiger partial charge in [-0.1, -0.05) is 29.3 Å². The van der Waals surface area contributed by atoms with Gasteiger partial charge < -0.3 is 15.2 Å². The fourth-order valence-corrected chi connectivity index (χ4v) is 2.84. The Morgan fingerprint density at radius 1 is 1.23 bits per heavy atom. The first-order valence-electron chi connectivity index (χ1n) is 6.37. The van der Waals surface area contributed by atoms with E-state index in [0.717, 1.165) is 0 Å². The maximum atomic E-state index is 13.8. The highest BCUT2D eigenvalue weighted by Crippen LogP contribution is 2.46. The molecule has 0 spiro atoms. The first kappa shape index (κ1) is 17.2. The third-order valence-electron chi connectivity index (χ3n) is 3.22. The van der Waals surface area contributed by atoms with Crippen molar-refractivity contribution in [3.63, 3.8) is 0 Å². The van der Waals surface area contributed by atoms with Gasteiger partial charge in [0.2, 0.25) is 0 Å². The number of benzene rings is 2. The smallest absolute Gasteiger partial charge is 0.169 e. The molecule has 0 saturated carbocycles. The summed E-state index contributed by atoms with van der Waals surface area (Å²) in [5.41, 5.74) is 6.58. The van der Waals surface area contributed by atoms with Crippen LogP contribution >= 0.6 is 35.6 Å². The molecule has 3 rings (SSSR count). The molecule has 1 atom stereocenters. The number of fused-ring (bicyclic) bond motifs is 1. The van der Waals surface area contributed by atoms with Crippen molar-refractivity contribution in [1.82, 2.24) is 0 Å². The summed E-state index contributed by atoms with van der Waals surface area (Å²) >= 11 is 12.4. The van der Waals surface area contributed by atoms with Crippen LogP contribution in [-0.2, 0) is 0 Å². The average Bonchev–Trinajstić information content (AvgIpc) is 2.46. The summed E-state index contributed by atoms with van der Waals surface area (Å²) in [4.78, 5) is 0. The van der Waals surface area contributed by atoms with Crippen molar-refractivity contribution in [2.45, 2.75) is 6.10 Å². The van der Waals surface area contributed by atoms with E-state index in [4.69, 9.17) is 38.4 Å². The Labute approximate surface area is 143 Å². The molecule has 1 aliphatic heterocycles. The molecule has 22 heavy (non-hydrogen) atoms. The molecule has 0 amide bonds. The van der Waals surface area contributed by atoms with Gasteiger partial charge >= 0.3 is 0 Å². The van der Waals surface area contributed by atoms with E-state index >= 15 is 0 Å². The van der Waals surface area contributed by atoms with E-state index in [1.54, 1.807) is 18.2 Å². The van der Waals surface area contributed by atoms with Crippen molar-refractivity contribution in [3.05, 3.63) is 46.2 Å². The van der Waals surface area contributed by atoms with Gasteiger partial charge in [0.25, 0.3) is 0 Å². The number of hydrogen-bond donors (Lipinski definition) is 1. The highest BCUT2D eigenvalue weighted by atomic mass is 35.5. The molecular weight excluding hydrogens is 352 g/mol. The molecule has 2 aromatic carbocycles. The molecule has 0 aromatic heterocycles. The summed E-state index contributed by atoms with van der Waals surface area (Å²) in [6.07, 6.45) is -0.289. The van der Waals surface area contributed by atoms with Gasteiger partial charge in [0, 0.05) is 23.7 Å². The minimum atomic E-state index is -0.450. The minimum absolute atomic E-state index is 0. The number of hydrogen-bond acceptors (Lipinski definition) is 3. The number of ether oxygens (including phenoxy) is 2. The third-order valence-corrected chi connectivity index (χ3v) is 3.85. The van der Waals surface area contributed by atoms with E-state index in [0.29, 0.717) is 39.2 Å². The summed E-state index contributed by atoms with van der Waals surface area (Å²) in [6.45, 7) is 0.579. The molecule has 1 aliphatic rings. The van der Waals surface area contributed by atoms with Gasteiger partial charge in [-0.3, -0.25) is 0 Å². The Kier molecular flexibility index (Phi) is 5.40. The van der Waals surface area contributed by atoms with Gasteiger partial charge in [-0.2, -0.15) is 0 Å². The second-order valence-corrected chi connectivity index (χ2v) is 5.48. The highest BCUT2D eigenvalue weighted by Gasteiger charge is 2.26. The Hall–Kier alpha value is -1.20. The van der Waals surface area contributed by atoms with Crippen LogP contribution in [0, 0.1) is 5.82 Å². The van der Waals surface area contributed by atoms with Crippen LogP contribution < -0.4 is 15.2 Å². The molecule has 0 aliphatic carbocycles. The summed E-state index contributed by atoms with van der Waals surface area (Å²) in [6, 6.07) is 7.69. The summed E-state index contributed by atoms with van der Waals surface area (Å²) in [7, 11) is 0. The van der Waals surface area contributed by atoms with Crippen molar-refractivity contribution >= 4 is 35.6 Å². The Morgan fingerprint density at radius 2 is 1.91 bits per heavy atom. The van der Waals surface area contributed by atoms with Crippen LogP contribution in [0.5, 0.6) is 11.5 Å². The lowest BCUT2D eigenvalue weighted by Crippen LogP contribution is -2.36. The number of rotatable bonds is 2. The maximum absolute atomic E-state index is 13.8. The number of halogens is 4. The normalized spacial score (nSPS) is 16.1. The van der Waals surface area contributed by atoms with E-state index in [1.807, 2.05) is 0 Å². The van der Waals surface area contributed by atoms with Crippen LogP contribution in [0.1, 0.15) is 0 Å². The monoisotopic (exact) mass is 363 g/mol. The molecule has 3 nitrogen and oxygen atoms in total. The zero-order valence-electron chi connectivity index (χ0n) is 11.3. The lowest BCUT2D eigenvalue weighted by molar-refractivity contribution is 0.0971. The predicted molar refractivity (Wildman–Crippen MR) is 88.1 cm³/mol. The molecule has 2 aromatic rings. The largest absolute Gasteiger partial charge is 0.486 e. The zero-order valence-corrected chi connectivity index (χ0v) is 13.6. The van der Waals surface area contributed by atoms with Gasteiger partial charge in [0.05, 0.1) is 10.0 Å². The Morgan fingerprint density at radius 3 is 2.55 bits per heavy atom. The Balaban J connectivity index is 0.00000176. The quantitative estimate of drug-likeness (QED) is 0.863. The molecule has 7 heteroatoms. The van der Waals surface area contributed by atoms with Crippen LogP contribution in [0.25, 0.3) is 11.1 Å². The van der Waals surface area contributed by atoms with Crippen LogP contribution in [0.3, 0.4) is 0 Å². The summed E-state index contributed by atoms with van der Waals surface area (Å²) < 4.78 is 25.2.